The van der Waals surface area contributed by atoms with Gasteiger partial charge in [0, 0.05) is 18.2 Å². The lowest BCUT2D eigenvalue weighted by Gasteiger charge is -2.42. The summed E-state index contributed by atoms with van der Waals surface area (Å²) in [5.41, 5.74) is 2.59. The van der Waals surface area contributed by atoms with Gasteiger partial charge in [0.1, 0.15) is 30.1 Å². The number of rotatable bonds is 8. The fraction of sp³-hybridized carbons (Fsp3) is 0.458. The molecule has 2 fully saturated rings. The van der Waals surface area contributed by atoms with Gasteiger partial charge in [0.05, 0.1) is 11.9 Å². The van der Waals surface area contributed by atoms with E-state index >= 15 is 0 Å². The molecule has 190 valence electrons. The summed E-state index contributed by atoms with van der Waals surface area (Å²) in [4.78, 5) is 11.7. The lowest BCUT2D eigenvalue weighted by Crippen LogP contribution is -2.65. The van der Waals surface area contributed by atoms with Gasteiger partial charge < -0.3 is 30.1 Å². The average Bonchev–Trinajstić information content (AvgIpc) is 3.65. The van der Waals surface area contributed by atoms with Crippen molar-refractivity contribution >= 4 is 21.6 Å². The minimum absolute atomic E-state index is 0.354. The first-order valence-electron chi connectivity index (χ1n) is 11.4. The number of amides is 1. The van der Waals surface area contributed by atoms with E-state index in [1.165, 1.54) is 6.92 Å². The molecular weight excluding hydrogens is 476 g/mol. The second-order valence-corrected chi connectivity index (χ2v) is 10.9. The van der Waals surface area contributed by atoms with Crippen LogP contribution in [0.3, 0.4) is 0 Å². The Morgan fingerprint density at radius 2 is 1.86 bits per heavy atom. The molecule has 0 bridgehead atoms. The number of ether oxygens (including phenoxy) is 2. The van der Waals surface area contributed by atoms with Crippen LogP contribution in [0.1, 0.15) is 25.3 Å². The number of aryl methyl sites for hydroxylation is 1. The van der Waals surface area contributed by atoms with Gasteiger partial charge in [-0.2, -0.15) is 0 Å². The number of benzene rings is 2. The Labute approximate surface area is 203 Å². The van der Waals surface area contributed by atoms with Gasteiger partial charge in [-0.15, -0.1) is 0 Å². The van der Waals surface area contributed by atoms with Crippen molar-refractivity contribution in [1.82, 2.24) is 5.32 Å². The third-order valence-electron chi connectivity index (χ3n) is 6.10. The maximum atomic E-state index is 12.4. The average molecular weight is 507 g/mol. The Hall–Kier alpha value is -2.70. The second kappa shape index (κ2) is 10.1. The fourth-order valence-electron chi connectivity index (χ4n) is 4.17. The highest BCUT2D eigenvalue weighted by molar-refractivity contribution is 7.93. The molecule has 4 rings (SSSR count). The maximum absolute atomic E-state index is 12.4. The molecule has 35 heavy (non-hydrogen) atoms. The number of aliphatic hydroxyl groups is 3. The second-order valence-electron chi connectivity index (χ2n) is 8.93. The molecule has 1 aliphatic carbocycles. The fourth-order valence-corrected chi connectivity index (χ4v) is 5.55. The molecule has 1 amide bonds. The zero-order valence-corrected chi connectivity index (χ0v) is 20.2. The van der Waals surface area contributed by atoms with Gasteiger partial charge in [-0.25, -0.2) is 8.42 Å². The molecule has 2 aromatic carbocycles. The van der Waals surface area contributed by atoms with Crippen LogP contribution < -0.4 is 14.8 Å². The topological polar surface area (TPSA) is 154 Å². The SMILES string of the molecule is CC(=O)NC1C(O)[C@@H](O)C(CO)O[C@H]1Oc1cccc(C)c1-c1cccc(NS(=O)(=O)C2CC2)c1. The molecule has 2 aromatic rings. The van der Waals surface area contributed by atoms with Crippen LogP contribution in [-0.2, 0) is 19.6 Å². The number of aliphatic hydroxyl groups excluding tert-OH is 3. The highest BCUT2D eigenvalue weighted by atomic mass is 32.2. The third kappa shape index (κ3) is 5.60. The Bertz CT molecular complexity index is 1180. The first-order chi connectivity index (χ1) is 16.6. The molecule has 2 aliphatic rings. The standard InChI is InChI=1S/C24H30N2O8S/c1-13-5-3-8-18(33-24-21(25-14(2)28)23(30)22(29)19(12-27)34-24)20(13)15-6-4-7-16(11-15)26-35(31,32)17-9-10-17/h3-8,11,17,19,21-24,26-27,29-30H,9-10,12H2,1-2H3,(H,25,28)/t19?,21?,22-,23?,24+/m0/s1. The highest BCUT2D eigenvalue weighted by Gasteiger charge is 2.46. The third-order valence-corrected chi connectivity index (χ3v) is 7.97. The van der Waals surface area contributed by atoms with E-state index in [0.29, 0.717) is 35.4 Å². The quantitative estimate of drug-likeness (QED) is 0.354. The molecule has 1 aliphatic heterocycles. The van der Waals surface area contributed by atoms with Crippen LogP contribution in [0, 0.1) is 6.92 Å². The van der Waals surface area contributed by atoms with Gasteiger partial charge in [-0.1, -0.05) is 24.3 Å². The van der Waals surface area contributed by atoms with E-state index in [1.807, 2.05) is 19.1 Å². The number of hydrogen-bond donors (Lipinski definition) is 5. The molecule has 1 saturated heterocycles. The van der Waals surface area contributed by atoms with Crippen molar-refractivity contribution in [2.75, 3.05) is 11.3 Å². The van der Waals surface area contributed by atoms with E-state index in [1.54, 1.807) is 30.3 Å². The molecule has 3 unspecified atom stereocenters. The number of nitrogens with one attached hydrogen (secondary N) is 2. The van der Waals surface area contributed by atoms with Crippen LogP contribution in [-0.4, -0.2) is 72.1 Å². The van der Waals surface area contributed by atoms with Gasteiger partial charge in [0.15, 0.2) is 0 Å². The van der Waals surface area contributed by atoms with E-state index < -0.39 is 53.2 Å². The predicted octanol–water partition coefficient (Wildman–Crippen LogP) is 0.889. The van der Waals surface area contributed by atoms with Crippen molar-refractivity contribution in [3.8, 4) is 16.9 Å². The molecule has 10 nitrogen and oxygen atoms in total. The van der Waals surface area contributed by atoms with Crippen molar-refractivity contribution in [3.05, 3.63) is 48.0 Å². The summed E-state index contributed by atoms with van der Waals surface area (Å²) in [5.74, 6) is -0.103. The summed E-state index contributed by atoms with van der Waals surface area (Å²) in [7, 11) is -3.44. The van der Waals surface area contributed by atoms with E-state index in [-0.39, 0.29) is 5.25 Å². The van der Waals surface area contributed by atoms with Crippen molar-refractivity contribution in [3.63, 3.8) is 0 Å². The molecule has 0 spiro atoms. The van der Waals surface area contributed by atoms with E-state index in [9.17, 15) is 28.5 Å². The Balaban J connectivity index is 1.66. The van der Waals surface area contributed by atoms with E-state index in [2.05, 4.69) is 10.0 Å². The van der Waals surface area contributed by atoms with Crippen LogP contribution >= 0.6 is 0 Å². The van der Waals surface area contributed by atoms with Crippen molar-refractivity contribution < 1.29 is 38.0 Å². The summed E-state index contributed by atoms with van der Waals surface area (Å²) in [5, 5.41) is 32.6. The van der Waals surface area contributed by atoms with Gasteiger partial charge in [0.2, 0.25) is 22.2 Å². The summed E-state index contributed by atoms with van der Waals surface area (Å²) >= 11 is 0. The molecule has 0 aromatic heterocycles. The summed E-state index contributed by atoms with van der Waals surface area (Å²) < 4.78 is 39.2. The first-order valence-corrected chi connectivity index (χ1v) is 12.9. The number of hydrogen-bond acceptors (Lipinski definition) is 8. The van der Waals surface area contributed by atoms with Gasteiger partial charge >= 0.3 is 0 Å². The maximum Gasteiger partial charge on any atom is 0.235 e. The molecule has 1 saturated carbocycles. The lowest BCUT2D eigenvalue weighted by atomic mass is 9.96. The monoisotopic (exact) mass is 506 g/mol. The van der Waals surface area contributed by atoms with Crippen molar-refractivity contribution in [1.29, 1.82) is 0 Å². The normalized spacial score (nSPS) is 26.7. The Kier molecular flexibility index (Phi) is 7.34. The summed E-state index contributed by atoms with van der Waals surface area (Å²) in [6.07, 6.45) is -3.90. The van der Waals surface area contributed by atoms with Gasteiger partial charge in [-0.3, -0.25) is 9.52 Å². The van der Waals surface area contributed by atoms with Crippen molar-refractivity contribution in [2.45, 2.75) is 62.6 Å². The first kappa shape index (κ1) is 25.4. The molecule has 5 atom stereocenters. The van der Waals surface area contributed by atoms with E-state index in [4.69, 9.17) is 9.47 Å². The van der Waals surface area contributed by atoms with Crippen LogP contribution in [0.15, 0.2) is 42.5 Å². The number of carbonyl (C=O) groups is 1. The van der Waals surface area contributed by atoms with Crippen molar-refractivity contribution in [2.24, 2.45) is 0 Å². The smallest absolute Gasteiger partial charge is 0.235 e. The zero-order chi connectivity index (χ0) is 25.3. The van der Waals surface area contributed by atoms with Gasteiger partial charge in [0.25, 0.3) is 0 Å². The minimum atomic E-state index is -3.44. The molecular formula is C24H30N2O8S. The van der Waals surface area contributed by atoms with Crippen LogP contribution in [0.5, 0.6) is 5.75 Å². The predicted molar refractivity (Wildman–Crippen MR) is 128 cm³/mol. The van der Waals surface area contributed by atoms with Crippen LogP contribution in [0.2, 0.25) is 0 Å². The lowest BCUT2D eigenvalue weighted by molar-refractivity contribution is -0.244. The molecule has 1 heterocycles. The number of carbonyl (C=O) groups excluding carboxylic acids is 1. The largest absolute Gasteiger partial charge is 0.462 e. The summed E-state index contributed by atoms with van der Waals surface area (Å²) in [6, 6.07) is 11.1. The molecule has 0 radical (unpaired) electrons. The van der Waals surface area contributed by atoms with E-state index in [0.717, 1.165) is 5.56 Å². The Morgan fingerprint density at radius 3 is 2.51 bits per heavy atom. The molecule has 5 N–H and O–H groups in total. The van der Waals surface area contributed by atoms with Gasteiger partial charge in [-0.05, 0) is 49.1 Å². The summed E-state index contributed by atoms with van der Waals surface area (Å²) in [6.45, 7) is 2.57. The zero-order valence-electron chi connectivity index (χ0n) is 19.4. The Morgan fingerprint density at radius 1 is 1.14 bits per heavy atom. The minimum Gasteiger partial charge on any atom is -0.462 e. The highest BCUT2D eigenvalue weighted by Crippen LogP contribution is 2.37. The molecule has 11 heteroatoms. The van der Waals surface area contributed by atoms with Crippen LogP contribution in [0.4, 0.5) is 5.69 Å². The number of sulfonamides is 1. The number of anilines is 1. The van der Waals surface area contributed by atoms with Crippen LogP contribution in [0.25, 0.3) is 11.1 Å².